The van der Waals surface area contributed by atoms with Crippen LogP contribution in [0.2, 0.25) is 0 Å². The first kappa shape index (κ1) is 27.0. The number of benzene rings is 10. The van der Waals surface area contributed by atoms with Gasteiger partial charge in [0, 0.05) is 49.4 Å². The lowest BCUT2D eigenvalue weighted by atomic mass is 10.1. The second kappa shape index (κ2) is 14.5. The molecule has 0 bridgehead atoms. The van der Waals surface area contributed by atoms with E-state index in [9.17, 15) is 5.48 Å². The molecule has 0 spiro atoms. The third-order valence-corrected chi connectivity index (χ3v) is 17.5. The second-order valence-electron chi connectivity index (χ2n) is 16.0. The van der Waals surface area contributed by atoms with Crippen LogP contribution in [0.25, 0.3) is 82.5 Å². The normalized spacial score (nSPS) is 14.5. The van der Waals surface area contributed by atoms with Crippen LogP contribution < -0.4 is 20.7 Å². The summed E-state index contributed by atoms with van der Waals surface area (Å²) in [5.41, 5.74) is 3.58. The molecule has 4 heteroatoms. The fourth-order valence-electron chi connectivity index (χ4n) is 10.3. The zero-order valence-corrected chi connectivity index (χ0v) is 35.2. The topological polar surface area (TPSA) is 14.8 Å². The highest BCUT2D eigenvalue weighted by molar-refractivity contribution is 7.20. The van der Waals surface area contributed by atoms with Gasteiger partial charge in [0.25, 0.3) is 0 Å². The first-order valence-electron chi connectivity index (χ1n) is 26.7. The zero-order chi connectivity index (χ0) is 51.8. The van der Waals surface area contributed by atoms with E-state index in [1.165, 1.54) is 10.6 Å². The minimum Gasteiger partial charge on any atom is -0.309 e. The summed E-state index contributed by atoms with van der Waals surface area (Å²) in [4.78, 5) is 0. The van der Waals surface area contributed by atoms with E-state index in [2.05, 4.69) is 108 Å². The molecule has 0 saturated heterocycles. The lowest BCUT2D eigenvalue weighted by Crippen LogP contribution is -2.75. The Morgan fingerprint density at radius 3 is 1.52 bits per heavy atom. The maximum Gasteiger partial charge on any atom is 0.181 e. The van der Waals surface area contributed by atoms with Crippen molar-refractivity contribution in [2.24, 2.45) is 0 Å². The lowest BCUT2D eigenvalue weighted by molar-refractivity contribution is 1.17. The van der Waals surface area contributed by atoms with Crippen molar-refractivity contribution in [3.05, 3.63) is 248 Å². The average Bonchev–Trinajstić information content (AvgIpc) is 4.14. The van der Waals surface area contributed by atoms with Crippen LogP contribution in [-0.2, 0) is 0 Å². The van der Waals surface area contributed by atoms with Crippen LogP contribution in [0.4, 0.5) is 0 Å². The Morgan fingerprint density at radius 1 is 0.328 bits per heavy atom. The van der Waals surface area contributed by atoms with E-state index in [-0.39, 0.29) is 51.3 Å². The number of hydrogen-bond donors (Lipinski definition) is 0. The van der Waals surface area contributed by atoms with Crippen LogP contribution in [0, 0.1) is 0 Å². The predicted molar refractivity (Wildman–Crippen MR) is 273 cm³/mol. The van der Waals surface area contributed by atoms with E-state index in [0.717, 1.165) is 59.0 Å². The van der Waals surface area contributed by atoms with Crippen molar-refractivity contribution in [1.29, 1.82) is 0 Å². The minimum atomic E-state index is -3.39. The molecule has 0 saturated carbocycles. The zero-order valence-electron chi connectivity index (χ0n) is 45.2. The van der Waals surface area contributed by atoms with Crippen LogP contribution in [0.3, 0.4) is 0 Å². The minimum absolute atomic E-state index is 0.00250. The molecule has 3 heterocycles. The van der Waals surface area contributed by atoms with Gasteiger partial charge >= 0.3 is 0 Å². The van der Waals surface area contributed by atoms with E-state index in [4.69, 9.17) is 9.60 Å². The molecule has 0 aliphatic carbocycles. The molecular formula is C60H41N3Si. The Bertz CT molecular complexity index is 4410. The molecule has 0 radical (unpaired) electrons. The standard InChI is InChI=1S/C60H41N3Si/c1-6-22-42(23-7-1)61-53-35-19-16-32-48(53)51-40-44(38-39-56(51)61)63-54-36-20-17-33-49(54)52-41-57(60-58(59(52)63)50-34-18-21-37-55(50)62(60)43-24-8-2-9-25-43)64(45-26-10-3-11-27-45,46-28-12-4-13-29-46)47-30-14-5-15-31-47/h1-41H/i1D,6D,7D,16D,19D,22D,23D,32D,38D,39D,40D. The van der Waals surface area contributed by atoms with Gasteiger partial charge < -0.3 is 13.7 Å². The molecule has 10 aromatic carbocycles. The molecule has 0 aliphatic heterocycles. The largest absolute Gasteiger partial charge is 0.309 e. The van der Waals surface area contributed by atoms with Crippen LogP contribution in [0.5, 0.6) is 0 Å². The van der Waals surface area contributed by atoms with E-state index >= 15 is 0 Å². The van der Waals surface area contributed by atoms with Crippen molar-refractivity contribution < 1.29 is 15.1 Å². The Labute approximate surface area is 387 Å². The quantitative estimate of drug-likeness (QED) is 0.112. The van der Waals surface area contributed by atoms with Gasteiger partial charge in [-0.25, -0.2) is 0 Å². The number of aromatic nitrogens is 3. The Hall–Kier alpha value is -8.18. The van der Waals surface area contributed by atoms with Crippen molar-refractivity contribution in [2.75, 3.05) is 0 Å². The summed E-state index contributed by atoms with van der Waals surface area (Å²) in [6.07, 6.45) is 0. The molecule has 3 aromatic heterocycles. The summed E-state index contributed by atoms with van der Waals surface area (Å²) in [5, 5.41) is 7.95. The number of para-hydroxylation sites is 5. The van der Waals surface area contributed by atoms with Crippen molar-refractivity contribution in [3.8, 4) is 17.1 Å². The second-order valence-corrected chi connectivity index (χ2v) is 19.8. The summed E-state index contributed by atoms with van der Waals surface area (Å²) in [5.74, 6) is 0. The molecule has 3 nitrogen and oxygen atoms in total. The van der Waals surface area contributed by atoms with Gasteiger partial charge in [0.2, 0.25) is 0 Å². The maximum atomic E-state index is 10.5. The molecule has 64 heavy (non-hydrogen) atoms. The van der Waals surface area contributed by atoms with Crippen LogP contribution in [0.1, 0.15) is 15.1 Å². The van der Waals surface area contributed by atoms with Gasteiger partial charge in [0.1, 0.15) is 0 Å². The molecule has 0 aliphatic rings. The molecule has 0 unspecified atom stereocenters. The van der Waals surface area contributed by atoms with Gasteiger partial charge in [0.15, 0.2) is 8.07 Å². The molecule has 13 aromatic rings. The molecule has 0 fully saturated rings. The third kappa shape index (κ3) is 5.21. The molecule has 0 amide bonds. The van der Waals surface area contributed by atoms with Crippen molar-refractivity contribution >= 4 is 94.2 Å². The van der Waals surface area contributed by atoms with Crippen molar-refractivity contribution in [2.45, 2.75) is 0 Å². The highest BCUT2D eigenvalue weighted by Crippen LogP contribution is 2.43. The highest BCUT2D eigenvalue weighted by atomic mass is 28.3. The van der Waals surface area contributed by atoms with Gasteiger partial charge in [0.05, 0.1) is 48.2 Å². The highest BCUT2D eigenvalue weighted by Gasteiger charge is 2.44. The SMILES string of the molecule is [2H]c1cc2c(c([2H])c1[2H])c1c([2H])c(-n3c4ccccc4c4cc([Si](c5ccccc5)(c5ccccc5)c5ccccc5)c5c(c6ccccc6n5-c5ccccc5)c43)c([2H])c([2H])c1n2-c1c([2H])c([2H])c([2H])c([2H])c1[2H]. The predicted octanol–water partition coefficient (Wildman–Crippen LogP) is 12.4. The summed E-state index contributed by atoms with van der Waals surface area (Å²) >= 11 is 0. The van der Waals surface area contributed by atoms with Crippen molar-refractivity contribution in [3.63, 3.8) is 0 Å². The fraction of sp³-hybridized carbons (Fsp3) is 0. The van der Waals surface area contributed by atoms with Gasteiger partial charge in [-0.1, -0.05) is 182 Å². The van der Waals surface area contributed by atoms with Crippen molar-refractivity contribution in [1.82, 2.24) is 13.7 Å². The summed E-state index contributed by atoms with van der Waals surface area (Å²) < 4.78 is 107. The van der Waals surface area contributed by atoms with Crippen LogP contribution in [0.15, 0.2) is 248 Å². The van der Waals surface area contributed by atoms with E-state index in [1.54, 1.807) is 0 Å². The molecule has 13 rings (SSSR count). The van der Waals surface area contributed by atoms with Gasteiger partial charge in [-0.3, -0.25) is 0 Å². The van der Waals surface area contributed by atoms with Gasteiger partial charge in [-0.05, 0) is 87.4 Å². The molecule has 0 atom stereocenters. The van der Waals surface area contributed by atoms with E-state index in [1.807, 2.05) is 77.4 Å². The molecule has 0 N–H and O–H groups in total. The van der Waals surface area contributed by atoms with Gasteiger partial charge in [-0.2, -0.15) is 0 Å². The fourth-order valence-corrected chi connectivity index (χ4v) is 15.2. The monoisotopic (exact) mass is 842 g/mol. The van der Waals surface area contributed by atoms with Crippen LogP contribution in [-0.4, -0.2) is 21.8 Å². The first-order chi connectivity index (χ1) is 36.4. The maximum absolute atomic E-state index is 10.5. The smallest absolute Gasteiger partial charge is 0.181 e. The molecule has 300 valence electrons. The number of nitrogens with zero attached hydrogens (tertiary/aromatic N) is 3. The van der Waals surface area contributed by atoms with Gasteiger partial charge in [-0.15, -0.1) is 0 Å². The Kier molecular flexibility index (Phi) is 6.10. The summed E-state index contributed by atoms with van der Waals surface area (Å²) in [7, 11) is -3.39. The van der Waals surface area contributed by atoms with Crippen LogP contribution >= 0.6 is 0 Å². The lowest BCUT2D eigenvalue weighted by Gasteiger charge is -2.35. The Morgan fingerprint density at radius 2 is 0.859 bits per heavy atom. The summed E-state index contributed by atoms with van der Waals surface area (Å²) in [6, 6.07) is 56.6. The first-order valence-corrected chi connectivity index (χ1v) is 23.2. The Balaban J connectivity index is 1.29. The van der Waals surface area contributed by atoms with E-state index in [0.29, 0.717) is 11.0 Å². The summed E-state index contributed by atoms with van der Waals surface area (Å²) in [6.45, 7) is 0. The number of hydrogen-bond acceptors (Lipinski definition) is 0. The number of rotatable bonds is 7. The molecular weight excluding hydrogens is 791 g/mol. The average molecular weight is 843 g/mol. The third-order valence-electron chi connectivity index (χ3n) is 12.8. The number of fused-ring (bicyclic) bond motifs is 10. The van der Waals surface area contributed by atoms with E-state index < -0.39 is 56.4 Å².